The van der Waals surface area contributed by atoms with E-state index in [1.54, 1.807) is 11.8 Å². The van der Waals surface area contributed by atoms with Crippen molar-refractivity contribution in [3.05, 3.63) is 5.69 Å². The Morgan fingerprint density at radius 3 is 2.57 bits per heavy atom. The summed E-state index contributed by atoms with van der Waals surface area (Å²) in [6.45, 7) is 1.98. The van der Waals surface area contributed by atoms with Gasteiger partial charge in [-0.25, -0.2) is 9.97 Å². The molecule has 0 aromatic carbocycles. The number of thioether (sulfide) groups is 2. The van der Waals surface area contributed by atoms with Crippen LogP contribution in [-0.2, 0) is 0 Å². The topological polar surface area (TPSA) is 54.5 Å². The van der Waals surface area contributed by atoms with Gasteiger partial charge in [-0.05, 0) is 19.4 Å². The molecular weight excluding hydrogens is 216 g/mol. The van der Waals surface area contributed by atoms with E-state index in [2.05, 4.69) is 20.2 Å². The van der Waals surface area contributed by atoms with Crippen LogP contribution in [0, 0.1) is 6.92 Å². The molecule has 0 unspecified atom stereocenters. The van der Waals surface area contributed by atoms with Gasteiger partial charge in [-0.1, -0.05) is 11.8 Å². The predicted octanol–water partition coefficient (Wildman–Crippen LogP) is 2.11. The number of aromatic nitrogens is 4. The number of nitrogens with zero attached hydrogens (tertiary/aromatic N) is 3. The molecule has 74 valence electrons. The van der Waals surface area contributed by atoms with Crippen LogP contribution in [0.4, 0.5) is 0 Å². The summed E-state index contributed by atoms with van der Waals surface area (Å²) in [6, 6.07) is 0. The van der Waals surface area contributed by atoms with Gasteiger partial charge in [-0.15, -0.1) is 11.8 Å². The third kappa shape index (κ3) is 1.48. The molecule has 0 amide bonds. The second-order valence-corrected chi connectivity index (χ2v) is 4.34. The van der Waals surface area contributed by atoms with Gasteiger partial charge in [0, 0.05) is 5.69 Å². The molecule has 0 aliphatic heterocycles. The molecule has 2 aromatic heterocycles. The van der Waals surface area contributed by atoms with Gasteiger partial charge in [0.2, 0.25) is 0 Å². The summed E-state index contributed by atoms with van der Waals surface area (Å²) < 4.78 is 0. The molecule has 0 fully saturated rings. The van der Waals surface area contributed by atoms with Crippen molar-refractivity contribution in [1.29, 1.82) is 0 Å². The highest BCUT2D eigenvalue weighted by atomic mass is 32.2. The smallest absolute Gasteiger partial charge is 0.190 e. The van der Waals surface area contributed by atoms with Crippen LogP contribution < -0.4 is 0 Å². The SMILES string of the molecule is CSc1nc(SC)c2c(C)[nH]nc2n1. The zero-order chi connectivity index (χ0) is 10.1. The fourth-order valence-corrected chi connectivity index (χ4v) is 2.29. The molecule has 14 heavy (non-hydrogen) atoms. The van der Waals surface area contributed by atoms with E-state index in [0.717, 1.165) is 26.9 Å². The summed E-state index contributed by atoms with van der Waals surface area (Å²) in [6.07, 6.45) is 3.98. The molecule has 0 aliphatic carbocycles. The first-order valence-electron chi connectivity index (χ1n) is 4.07. The molecule has 2 heterocycles. The highest BCUT2D eigenvalue weighted by Gasteiger charge is 2.11. The minimum atomic E-state index is 0.756. The lowest BCUT2D eigenvalue weighted by Crippen LogP contribution is -1.90. The van der Waals surface area contributed by atoms with E-state index in [1.807, 2.05) is 19.4 Å². The molecule has 0 spiro atoms. The Morgan fingerprint density at radius 2 is 1.93 bits per heavy atom. The molecule has 0 atom stereocenters. The molecular formula is C8H10N4S2. The first-order valence-corrected chi connectivity index (χ1v) is 6.52. The maximum Gasteiger partial charge on any atom is 0.190 e. The second-order valence-electron chi connectivity index (χ2n) is 2.77. The highest BCUT2D eigenvalue weighted by Crippen LogP contribution is 2.26. The summed E-state index contributed by atoms with van der Waals surface area (Å²) in [5, 5.41) is 9.86. The van der Waals surface area contributed by atoms with Crippen LogP contribution in [-0.4, -0.2) is 32.7 Å². The number of fused-ring (bicyclic) bond motifs is 1. The molecule has 6 heteroatoms. The monoisotopic (exact) mass is 226 g/mol. The van der Waals surface area contributed by atoms with Gasteiger partial charge in [0.1, 0.15) is 5.03 Å². The summed E-state index contributed by atoms with van der Waals surface area (Å²) in [5.74, 6) is 0. The van der Waals surface area contributed by atoms with Gasteiger partial charge in [0.25, 0.3) is 0 Å². The third-order valence-corrected chi connectivity index (χ3v) is 3.15. The lowest BCUT2D eigenvalue weighted by molar-refractivity contribution is 0.925. The second kappa shape index (κ2) is 3.78. The van der Waals surface area contributed by atoms with Gasteiger partial charge < -0.3 is 0 Å². The molecule has 2 aromatic rings. The number of aryl methyl sites for hydroxylation is 1. The van der Waals surface area contributed by atoms with Gasteiger partial charge >= 0.3 is 0 Å². The molecule has 1 N–H and O–H groups in total. The fourth-order valence-electron chi connectivity index (χ4n) is 1.25. The van der Waals surface area contributed by atoms with Crippen LogP contribution in [0.1, 0.15) is 5.69 Å². The minimum absolute atomic E-state index is 0.756. The lowest BCUT2D eigenvalue weighted by Gasteiger charge is -2.00. The highest BCUT2D eigenvalue weighted by molar-refractivity contribution is 7.99. The van der Waals surface area contributed by atoms with E-state index < -0.39 is 0 Å². The van der Waals surface area contributed by atoms with Crippen molar-refractivity contribution in [2.45, 2.75) is 17.1 Å². The lowest BCUT2D eigenvalue weighted by atomic mass is 10.3. The van der Waals surface area contributed by atoms with Crippen molar-refractivity contribution in [1.82, 2.24) is 20.2 Å². The number of rotatable bonds is 2. The Bertz CT molecular complexity index is 466. The molecule has 0 saturated heterocycles. The molecule has 2 rings (SSSR count). The Hall–Kier alpha value is -0.750. The Labute approximate surface area is 90.3 Å². The Balaban J connectivity index is 2.76. The van der Waals surface area contributed by atoms with Crippen molar-refractivity contribution < 1.29 is 0 Å². The number of nitrogens with one attached hydrogen (secondary N) is 1. The van der Waals surface area contributed by atoms with Crippen molar-refractivity contribution in [3.63, 3.8) is 0 Å². The first kappa shape index (κ1) is 9.79. The Kier molecular flexibility index (Phi) is 2.64. The van der Waals surface area contributed by atoms with Crippen molar-refractivity contribution in [2.75, 3.05) is 12.5 Å². The van der Waals surface area contributed by atoms with Crippen LogP contribution in [0.15, 0.2) is 10.2 Å². The van der Waals surface area contributed by atoms with Gasteiger partial charge in [-0.2, -0.15) is 5.10 Å². The predicted molar refractivity (Wildman–Crippen MR) is 60.0 cm³/mol. The van der Waals surface area contributed by atoms with Crippen LogP contribution in [0.5, 0.6) is 0 Å². The quantitative estimate of drug-likeness (QED) is 0.483. The first-order chi connectivity index (χ1) is 6.76. The van der Waals surface area contributed by atoms with Gasteiger partial charge in [0.05, 0.1) is 5.39 Å². The van der Waals surface area contributed by atoms with E-state index >= 15 is 0 Å². The van der Waals surface area contributed by atoms with E-state index in [-0.39, 0.29) is 0 Å². The van der Waals surface area contributed by atoms with E-state index in [9.17, 15) is 0 Å². The molecule has 0 bridgehead atoms. The number of aromatic amines is 1. The maximum absolute atomic E-state index is 4.43. The Morgan fingerprint density at radius 1 is 1.14 bits per heavy atom. The van der Waals surface area contributed by atoms with Crippen LogP contribution in [0.25, 0.3) is 11.0 Å². The zero-order valence-electron chi connectivity index (χ0n) is 8.16. The summed E-state index contributed by atoms with van der Waals surface area (Å²) in [5.41, 5.74) is 1.78. The summed E-state index contributed by atoms with van der Waals surface area (Å²) in [4.78, 5) is 8.75. The minimum Gasteiger partial charge on any atom is -0.280 e. The third-order valence-electron chi connectivity index (χ3n) is 1.92. The fraction of sp³-hybridized carbons (Fsp3) is 0.375. The van der Waals surface area contributed by atoms with Crippen LogP contribution in [0.3, 0.4) is 0 Å². The summed E-state index contributed by atoms with van der Waals surface area (Å²) >= 11 is 3.16. The van der Waals surface area contributed by atoms with Crippen LogP contribution in [0.2, 0.25) is 0 Å². The average molecular weight is 226 g/mol. The van der Waals surface area contributed by atoms with Crippen molar-refractivity contribution in [3.8, 4) is 0 Å². The van der Waals surface area contributed by atoms with Crippen molar-refractivity contribution >= 4 is 34.6 Å². The normalized spacial score (nSPS) is 11.1. The molecule has 0 radical (unpaired) electrons. The van der Waals surface area contributed by atoms with E-state index in [4.69, 9.17) is 0 Å². The van der Waals surface area contributed by atoms with Crippen LogP contribution >= 0.6 is 23.5 Å². The van der Waals surface area contributed by atoms with E-state index in [1.165, 1.54) is 11.8 Å². The molecule has 4 nitrogen and oxygen atoms in total. The molecule has 0 saturated carbocycles. The average Bonchev–Trinajstić information content (AvgIpc) is 2.59. The standard InChI is InChI=1S/C8H10N4S2/c1-4-5-6(12-11-4)9-8(14-3)10-7(5)13-2/h1-3H3,(H,9,10,11,12). The number of hydrogen-bond acceptors (Lipinski definition) is 5. The van der Waals surface area contributed by atoms with Crippen molar-refractivity contribution in [2.24, 2.45) is 0 Å². The molecule has 0 aliphatic rings. The van der Waals surface area contributed by atoms with Gasteiger partial charge in [-0.3, -0.25) is 5.10 Å². The maximum atomic E-state index is 4.43. The number of hydrogen-bond donors (Lipinski definition) is 1. The van der Waals surface area contributed by atoms with Gasteiger partial charge in [0.15, 0.2) is 10.8 Å². The summed E-state index contributed by atoms with van der Waals surface area (Å²) in [7, 11) is 0. The zero-order valence-corrected chi connectivity index (χ0v) is 9.79. The van der Waals surface area contributed by atoms with E-state index in [0.29, 0.717) is 0 Å². The largest absolute Gasteiger partial charge is 0.280 e. The number of H-pyrrole nitrogens is 1.